The Morgan fingerprint density at radius 1 is 1.19 bits per heavy atom. The summed E-state index contributed by atoms with van der Waals surface area (Å²) in [5, 5.41) is 20.9. The third-order valence-electron chi connectivity index (χ3n) is 5.83. The van der Waals surface area contributed by atoms with Crippen molar-refractivity contribution in [1.29, 1.82) is 0 Å². The van der Waals surface area contributed by atoms with Crippen LogP contribution in [0, 0.1) is 6.92 Å². The maximum absolute atomic E-state index is 12.7. The maximum atomic E-state index is 12.7. The molecule has 2 amide bonds. The molecule has 7 nitrogen and oxygen atoms in total. The maximum Gasteiger partial charge on any atom is 0.342 e. The minimum absolute atomic E-state index is 0.0121. The molecule has 4 rings (SSSR count). The molecule has 1 atom stereocenters. The summed E-state index contributed by atoms with van der Waals surface area (Å²) in [6.07, 6.45) is 2.88. The number of carbonyl (C=O) groups excluding carboxylic acids is 2. The third-order valence-corrected chi connectivity index (χ3v) is 5.83. The number of aryl methyl sites for hydroxylation is 1. The first-order chi connectivity index (χ1) is 15.4. The van der Waals surface area contributed by atoms with Gasteiger partial charge in [0, 0.05) is 34.8 Å². The molecule has 0 spiro atoms. The van der Waals surface area contributed by atoms with Crippen LogP contribution < -0.4 is 10.6 Å². The molecule has 1 fully saturated rings. The highest BCUT2D eigenvalue weighted by Gasteiger charge is 2.31. The molecule has 7 heteroatoms. The second-order valence-electron chi connectivity index (χ2n) is 8.40. The molecule has 0 bridgehead atoms. The second-order valence-corrected chi connectivity index (χ2v) is 8.40. The van der Waals surface area contributed by atoms with E-state index in [9.17, 15) is 14.7 Å². The first-order valence-corrected chi connectivity index (χ1v) is 11.0. The topological polar surface area (TPSA) is 96.3 Å². The van der Waals surface area contributed by atoms with Crippen LogP contribution in [0.5, 0.6) is 5.75 Å². The van der Waals surface area contributed by atoms with Gasteiger partial charge in [0.2, 0.25) is 0 Å². The van der Waals surface area contributed by atoms with Crippen molar-refractivity contribution in [3.05, 3.63) is 65.4 Å². The minimum atomic E-state index is -0.255. The van der Waals surface area contributed by atoms with Crippen LogP contribution in [0.1, 0.15) is 60.6 Å². The average Bonchev–Trinajstić information content (AvgIpc) is 3.52. The summed E-state index contributed by atoms with van der Waals surface area (Å²) in [6.45, 7) is 5.84. The van der Waals surface area contributed by atoms with Crippen molar-refractivity contribution in [2.75, 3.05) is 5.32 Å². The number of anilines is 1. The van der Waals surface area contributed by atoms with E-state index in [-0.39, 0.29) is 23.7 Å². The number of aromatic hydroxyl groups is 1. The van der Waals surface area contributed by atoms with E-state index in [2.05, 4.69) is 15.7 Å². The average molecular weight is 433 g/mol. The summed E-state index contributed by atoms with van der Waals surface area (Å²) in [5.41, 5.74) is 3.83. The molecule has 0 aliphatic heterocycles. The fraction of sp³-hybridized carbons (Fsp3) is 0.320. The number of phenols is 1. The highest BCUT2D eigenvalue weighted by atomic mass is 16.3. The molecule has 0 radical (unpaired) electrons. The normalized spacial score (nSPS) is 14.1. The first kappa shape index (κ1) is 21.6. The highest BCUT2D eigenvalue weighted by Crippen LogP contribution is 2.42. The summed E-state index contributed by atoms with van der Waals surface area (Å²) in [6, 6.07) is 13.9. The molecule has 3 N–H and O–H groups in total. The summed E-state index contributed by atoms with van der Waals surface area (Å²) < 4.78 is 1.42. The zero-order valence-electron chi connectivity index (χ0n) is 18.6. The summed E-state index contributed by atoms with van der Waals surface area (Å²) in [7, 11) is 0. The largest absolute Gasteiger partial charge is 0.507 e. The van der Waals surface area contributed by atoms with Gasteiger partial charge in [0.15, 0.2) is 0 Å². The van der Waals surface area contributed by atoms with Gasteiger partial charge in [-0.25, -0.2) is 4.79 Å². The molecule has 2 aromatic carbocycles. The summed E-state index contributed by atoms with van der Waals surface area (Å²) in [4.78, 5) is 25.3. The zero-order valence-corrected chi connectivity index (χ0v) is 18.6. The van der Waals surface area contributed by atoms with Crippen molar-refractivity contribution in [3.63, 3.8) is 0 Å². The summed E-state index contributed by atoms with van der Waals surface area (Å²) >= 11 is 0. The number of aromatic nitrogens is 2. The first-order valence-electron chi connectivity index (χ1n) is 11.0. The molecule has 1 heterocycles. The molecule has 1 aromatic heterocycles. The molecule has 166 valence electrons. The van der Waals surface area contributed by atoms with Crippen molar-refractivity contribution in [3.8, 4) is 17.0 Å². The second kappa shape index (κ2) is 8.86. The van der Waals surface area contributed by atoms with E-state index in [1.165, 1.54) is 10.7 Å². The lowest BCUT2D eigenvalue weighted by Gasteiger charge is -2.12. The number of hydrogen-bond donors (Lipinski definition) is 3. The Hall–Kier alpha value is -3.61. The van der Waals surface area contributed by atoms with E-state index >= 15 is 0 Å². The monoisotopic (exact) mass is 432 g/mol. The Balaban J connectivity index is 1.58. The SMILES string of the molecule is CCC(C)NC(=O)n1nc(-c2ccc(NC(=O)c3ccccc3C)cc2O)cc1C1CC1. The number of rotatable bonds is 6. The zero-order chi connectivity index (χ0) is 22.8. The molecule has 0 saturated heterocycles. The predicted octanol–water partition coefficient (Wildman–Crippen LogP) is 5.05. The molecule has 32 heavy (non-hydrogen) atoms. The molecular weight excluding hydrogens is 404 g/mol. The molecule has 1 unspecified atom stereocenters. The van der Waals surface area contributed by atoms with Crippen LogP contribution in [0.3, 0.4) is 0 Å². The lowest BCUT2D eigenvalue weighted by Crippen LogP contribution is -2.36. The van der Waals surface area contributed by atoms with E-state index in [1.54, 1.807) is 18.2 Å². The highest BCUT2D eigenvalue weighted by molar-refractivity contribution is 6.05. The standard InChI is InChI=1S/C25H28N4O3/c1-4-16(3)26-25(32)29-22(17-9-10-17)14-21(28-29)20-12-11-18(13-23(20)30)27-24(31)19-8-6-5-7-15(19)2/h5-8,11-14,16-17,30H,4,9-10H2,1-3H3,(H,26,32)(H,27,31). The van der Waals surface area contributed by atoms with Crippen molar-refractivity contribution < 1.29 is 14.7 Å². The fourth-order valence-electron chi connectivity index (χ4n) is 3.59. The Morgan fingerprint density at radius 2 is 1.94 bits per heavy atom. The van der Waals surface area contributed by atoms with Gasteiger partial charge >= 0.3 is 6.03 Å². The number of carbonyl (C=O) groups is 2. The lowest BCUT2D eigenvalue weighted by molar-refractivity contribution is 0.102. The van der Waals surface area contributed by atoms with Crippen molar-refractivity contribution in [1.82, 2.24) is 15.1 Å². The van der Waals surface area contributed by atoms with Crippen LogP contribution in [0.15, 0.2) is 48.5 Å². The van der Waals surface area contributed by atoms with Gasteiger partial charge in [-0.3, -0.25) is 4.79 Å². The van der Waals surface area contributed by atoms with Gasteiger partial charge < -0.3 is 15.7 Å². The van der Waals surface area contributed by atoms with E-state index in [1.807, 2.05) is 45.0 Å². The van der Waals surface area contributed by atoms with Gasteiger partial charge in [-0.15, -0.1) is 0 Å². The minimum Gasteiger partial charge on any atom is -0.507 e. The summed E-state index contributed by atoms with van der Waals surface area (Å²) in [5.74, 6) is 0.0629. The smallest absolute Gasteiger partial charge is 0.342 e. The number of benzene rings is 2. The predicted molar refractivity (Wildman–Crippen MR) is 124 cm³/mol. The van der Waals surface area contributed by atoms with Gasteiger partial charge in [-0.1, -0.05) is 25.1 Å². The van der Waals surface area contributed by atoms with E-state index in [0.717, 1.165) is 30.5 Å². The van der Waals surface area contributed by atoms with Gasteiger partial charge in [0.1, 0.15) is 5.75 Å². The van der Waals surface area contributed by atoms with E-state index in [4.69, 9.17) is 0 Å². The number of amides is 2. The third kappa shape index (κ3) is 4.51. The molecule has 1 saturated carbocycles. The van der Waals surface area contributed by atoms with Gasteiger partial charge in [-0.2, -0.15) is 9.78 Å². The van der Waals surface area contributed by atoms with E-state index in [0.29, 0.717) is 28.4 Å². The Kier molecular flexibility index (Phi) is 5.99. The van der Waals surface area contributed by atoms with Crippen LogP contribution in [0.2, 0.25) is 0 Å². The number of phenolic OH excluding ortho intramolecular Hbond substituents is 1. The van der Waals surface area contributed by atoms with Crippen LogP contribution >= 0.6 is 0 Å². The number of nitrogens with one attached hydrogen (secondary N) is 2. The number of hydrogen-bond acceptors (Lipinski definition) is 4. The molecule has 1 aliphatic carbocycles. The fourth-order valence-corrected chi connectivity index (χ4v) is 3.59. The Morgan fingerprint density at radius 3 is 2.59 bits per heavy atom. The molecule has 1 aliphatic rings. The van der Waals surface area contributed by atoms with Crippen LogP contribution in [0.4, 0.5) is 10.5 Å². The van der Waals surface area contributed by atoms with Crippen LogP contribution in [-0.4, -0.2) is 32.9 Å². The van der Waals surface area contributed by atoms with Crippen molar-refractivity contribution in [2.45, 2.75) is 52.0 Å². The molecular formula is C25H28N4O3. The quantitative estimate of drug-likeness (QED) is 0.508. The van der Waals surface area contributed by atoms with Gasteiger partial charge in [0.05, 0.1) is 11.4 Å². The van der Waals surface area contributed by atoms with Crippen LogP contribution in [-0.2, 0) is 0 Å². The Labute approximate surface area is 187 Å². The van der Waals surface area contributed by atoms with Crippen molar-refractivity contribution >= 4 is 17.6 Å². The molecule has 3 aromatic rings. The van der Waals surface area contributed by atoms with Gasteiger partial charge in [-0.05, 0) is 62.9 Å². The van der Waals surface area contributed by atoms with Gasteiger partial charge in [0.25, 0.3) is 5.91 Å². The van der Waals surface area contributed by atoms with E-state index < -0.39 is 0 Å². The lowest BCUT2D eigenvalue weighted by atomic mass is 10.1. The number of nitrogens with zero attached hydrogens (tertiary/aromatic N) is 2. The Bertz CT molecular complexity index is 1160. The van der Waals surface area contributed by atoms with Crippen LogP contribution in [0.25, 0.3) is 11.3 Å². The van der Waals surface area contributed by atoms with Crippen molar-refractivity contribution in [2.24, 2.45) is 0 Å².